The summed E-state index contributed by atoms with van der Waals surface area (Å²) in [6, 6.07) is 6.87. The van der Waals surface area contributed by atoms with Crippen molar-refractivity contribution >= 4 is 21.6 Å². The van der Waals surface area contributed by atoms with Crippen LogP contribution in [0.5, 0.6) is 0 Å². The second kappa shape index (κ2) is 5.90. The molecule has 0 radical (unpaired) electrons. The summed E-state index contributed by atoms with van der Waals surface area (Å²) in [6.45, 7) is 6.98. The Hall–Kier alpha value is -0.500. The lowest BCUT2D eigenvalue weighted by molar-refractivity contribution is 0.530. The van der Waals surface area contributed by atoms with E-state index in [1.54, 1.807) is 0 Å². The standard InChI is InChI=1S/C15H22BrN/c1-3-4-13-7-8-17(11-13)15-6-5-14(10-16)12(2)9-15/h5-6,9,13H,3-4,7-8,10-11H2,1-2H3. The first-order valence-corrected chi connectivity index (χ1v) is 7.77. The van der Waals surface area contributed by atoms with Gasteiger partial charge in [0, 0.05) is 24.1 Å². The molecule has 1 atom stereocenters. The van der Waals surface area contributed by atoms with Gasteiger partial charge in [0.25, 0.3) is 0 Å². The van der Waals surface area contributed by atoms with Crippen molar-refractivity contribution in [2.24, 2.45) is 5.92 Å². The Kier molecular flexibility index (Phi) is 4.49. The Balaban J connectivity index is 2.06. The minimum atomic E-state index is 0.913. The quantitative estimate of drug-likeness (QED) is 0.739. The van der Waals surface area contributed by atoms with Gasteiger partial charge in [0.05, 0.1) is 0 Å². The zero-order valence-corrected chi connectivity index (χ0v) is 12.5. The van der Waals surface area contributed by atoms with Gasteiger partial charge in [-0.3, -0.25) is 0 Å². The van der Waals surface area contributed by atoms with Crippen molar-refractivity contribution in [1.82, 2.24) is 0 Å². The molecule has 1 saturated heterocycles. The van der Waals surface area contributed by atoms with Gasteiger partial charge in [-0.05, 0) is 48.9 Å². The highest BCUT2D eigenvalue weighted by Gasteiger charge is 2.21. The molecule has 17 heavy (non-hydrogen) atoms. The van der Waals surface area contributed by atoms with Crippen molar-refractivity contribution in [3.05, 3.63) is 29.3 Å². The molecule has 0 aliphatic carbocycles. The predicted octanol–water partition coefficient (Wildman–Crippen LogP) is 4.52. The molecule has 94 valence electrons. The number of aryl methyl sites for hydroxylation is 1. The van der Waals surface area contributed by atoms with Crippen LogP contribution in [0.15, 0.2) is 18.2 Å². The van der Waals surface area contributed by atoms with Crippen LogP contribution in [-0.4, -0.2) is 13.1 Å². The van der Waals surface area contributed by atoms with Crippen LogP contribution in [-0.2, 0) is 5.33 Å². The Morgan fingerprint density at radius 2 is 2.24 bits per heavy atom. The van der Waals surface area contributed by atoms with Gasteiger partial charge in [0.15, 0.2) is 0 Å². The van der Waals surface area contributed by atoms with Crippen molar-refractivity contribution in [2.75, 3.05) is 18.0 Å². The summed E-state index contributed by atoms with van der Waals surface area (Å²) in [6.07, 6.45) is 4.07. The topological polar surface area (TPSA) is 3.24 Å². The Morgan fingerprint density at radius 1 is 1.41 bits per heavy atom. The van der Waals surface area contributed by atoms with Crippen LogP contribution in [0.1, 0.15) is 37.3 Å². The van der Waals surface area contributed by atoms with Gasteiger partial charge in [-0.2, -0.15) is 0 Å². The molecule has 2 rings (SSSR count). The summed E-state index contributed by atoms with van der Waals surface area (Å²) in [5.74, 6) is 0.913. The first-order valence-electron chi connectivity index (χ1n) is 6.65. The molecule has 1 aromatic rings. The average molecular weight is 296 g/mol. The summed E-state index contributed by atoms with van der Waals surface area (Å²) in [5.41, 5.74) is 4.21. The lowest BCUT2D eigenvalue weighted by Gasteiger charge is -2.20. The van der Waals surface area contributed by atoms with Gasteiger partial charge < -0.3 is 4.90 Å². The third-order valence-corrected chi connectivity index (χ3v) is 4.42. The third kappa shape index (κ3) is 3.04. The number of hydrogen-bond donors (Lipinski definition) is 0. The Bertz CT molecular complexity index is 375. The fourth-order valence-corrected chi connectivity index (χ4v) is 3.37. The minimum Gasteiger partial charge on any atom is -0.371 e. The van der Waals surface area contributed by atoms with E-state index in [4.69, 9.17) is 0 Å². The van der Waals surface area contributed by atoms with Crippen LogP contribution < -0.4 is 4.90 Å². The van der Waals surface area contributed by atoms with Crippen LogP contribution in [0.4, 0.5) is 5.69 Å². The SMILES string of the molecule is CCCC1CCN(c2ccc(CBr)c(C)c2)C1. The van der Waals surface area contributed by atoms with Crippen LogP contribution in [0.3, 0.4) is 0 Å². The summed E-state index contributed by atoms with van der Waals surface area (Å²) in [4.78, 5) is 2.55. The first-order chi connectivity index (χ1) is 8.24. The summed E-state index contributed by atoms with van der Waals surface area (Å²) in [5, 5.41) is 0.956. The third-order valence-electron chi connectivity index (χ3n) is 3.82. The van der Waals surface area contributed by atoms with Crippen molar-refractivity contribution in [3.63, 3.8) is 0 Å². The second-order valence-corrected chi connectivity index (χ2v) is 5.69. The van der Waals surface area contributed by atoms with E-state index >= 15 is 0 Å². The number of halogens is 1. The molecule has 1 unspecified atom stereocenters. The van der Waals surface area contributed by atoms with Crippen molar-refractivity contribution in [2.45, 2.75) is 38.4 Å². The summed E-state index contributed by atoms with van der Waals surface area (Å²) >= 11 is 3.53. The molecule has 1 nitrogen and oxygen atoms in total. The highest BCUT2D eigenvalue weighted by Crippen LogP contribution is 2.28. The maximum atomic E-state index is 3.53. The summed E-state index contributed by atoms with van der Waals surface area (Å²) < 4.78 is 0. The van der Waals surface area contributed by atoms with Gasteiger partial charge in [-0.25, -0.2) is 0 Å². The second-order valence-electron chi connectivity index (χ2n) is 5.13. The number of rotatable bonds is 4. The van der Waals surface area contributed by atoms with Crippen molar-refractivity contribution < 1.29 is 0 Å². The molecule has 1 fully saturated rings. The van der Waals surface area contributed by atoms with Crippen LogP contribution >= 0.6 is 15.9 Å². The Labute approximate surface area is 113 Å². The largest absolute Gasteiger partial charge is 0.371 e. The maximum Gasteiger partial charge on any atom is 0.0369 e. The highest BCUT2D eigenvalue weighted by molar-refractivity contribution is 9.08. The number of anilines is 1. The van der Waals surface area contributed by atoms with Gasteiger partial charge >= 0.3 is 0 Å². The number of nitrogens with zero attached hydrogens (tertiary/aromatic N) is 1. The van der Waals surface area contributed by atoms with Gasteiger partial charge in [0.2, 0.25) is 0 Å². The van der Waals surface area contributed by atoms with E-state index in [-0.39, 0.29) is 0 Å². The van der Waals surface area contributed by atoms with Crippen molar-refractivity contribution in [3.8, 4) is 0 Å². The predicted molar refractivity (Wildman–Crippen MR) is 79.0 cm³/mol. The van der Waals surface area contributed by atoms with Gasteiger partial charge in [-0.15, -0.1) is 0 Å². The van der Waals surface area contributed by atoms with E-state index < -0.39 is 0 Å². The molecule has 1 aromatic carbocycles. The molecular weight excluding hydrogens is 274 g/mol. The average Bonchev–Trinajstić information content (AvgIpc) is 2.78. The van der Waals surface area contributed by atoms with Crippen molar-refractivity contribution in [1.29, 1.82) is 0 Å². The van der Waals surface area contributed by atoms with Crippen LogP contribution in [0, 0.1) is 12.8 Å². The molecule has 0 amide bonds. The summed E-state index contributed by atoms with van der Waals surface area (Å²) in [7, 11) is 0. The van der Waals surface area contributed by atoms with E-state index in [0.29, 0.717) is 0 Å². The molecule has 1 heterocycles. The molecule has 0 saturated carbocycles. The number of alkyl halides is 1. The maximum absolute atomic E-state index is 3.53. The molecule has 0 N–H and O–H groups in total. The van der Waals surface area contributed by atoms with Crippen LogP contribution in [0.25, 0.3) is 0 Å². The van der Waals surface area contributed by atoms with Gasteiger partial charge in [-0.1, -0.05) is 35.3 Å². The van der Waals surface area contributed by atoms with Gasteiger partial charge in [0.1, 0.15) is 0 Å². The monoisotopic (exact) mass is 295 g/mol. The molecule has 0 bridgehead atoms. The molecule has 2 heteroatoms. The molecule has 1 aliphatic rings. The van der Waals surface area contributed by atoms with Crippen LogP contribution in [0.2, 0.25) is 0 Å². The number of hydrogen-bond acceptors (Lipinski definition) is 1. The lowest BCUT2D eigenvalue weighted by Crippen LogP contribution is -2.19. The molecule has 0 aromatic heterocycles. The smallest absolute Gasteiger partial charge is 0.0369 e. The van der Waals surface area contributed by atoms with E-state index in [0.717, 1.165) is 11.2 Å². The first kappa shape index (κ1) is 12.9. The lowest BCUT2D eigenvalue weighted by atomic mass is 10.0. The van der Waals surface area contributed by atoms with E-state index in [1.807, 2.05) is 0 Å². The van der Waals surface area contributed by atoms with E-state index in [1.165, 1.54) is 49.2 Å². The molecule has 0 spiro atoms. The Morgan fingerprint density at radius 3 is 2.88 bits per heavy atom. The fraction of sp³-hybridized carbons (Fsp3) is 0.600. The zero-order valence-electron chi connectivity index (χ0n) is 10.9. The van der Waals surface area contributed by atoms with E-state index in [2.05, 4.69) is 52.9 Å². The zero-order chi connectivity index (χ0) is 12.3. The number of benzene rings is 1. The highest BCUT2D eigenvalue weighted by atomic mass is 79.9. The molecule has 1 aliphatic heterocycles. The molecular formula is C15H22BrN. The minimum absolute atomic E-state index is 0.913. The fourth-order valence-electron chi connectivity index (χ4n) is 2.74. The normalized spacial score (nSPS) is 19.9. The van der Waals surface area contributed by atoms with E-state index in [9.17, 15) is 0 Å².